The van der Waals surface area contributed by atoms with Crippen molar-refractivity contribution in [1.29, 1.82) is 0 Å². The zero-order chi connectivity index (χ0) is 19.1. The standard InChI is InChI=1S/C19H26BrN5O/c1-14(26)23-17-7-5-15(6-8-17)9-10-22-19(21-2)25(4)13-18-11-16(20)12-24(18)3/h5-8,11-12H,9-10,13H2,1-4H3,(H,21,22)(H,23,26). The van der Waals surface area contributed by atoms with Crippen molar-refractivity contribution < 1.29 is 4.79 Å². The summed E-state index contributed by atoms with van der Waals surface area (Å²) in [6, 6.07) is 10.0. The van der Waals surface area contributed by atoms with Crippen LogP contribution in [0, 0.1) is 0 Å². The summed E-state index contributed by atoms with van der Waals surface area (Å²) in [7, 11) is 5.86. The second-order valence-corrected chi connectivity index (χ2v) is 7.13. The van der Waals surface area contributed by atoms with Crippen LogP contribution in [0.25, 0.3) is 0 Å². The van der Waals surface area contributed by atoms with Gasteiger partial charge in [-0.05, 0) is 46.1 Å². The number of aryl methyl sites for hydroxylation is 1. The molecule has 2 rings (SSSR count). The molecule has 0 aliphatic carbocycles. The highest BCUT2D eigenvalue weighted by atomic mass is 79.9. The van der Waals surface area contributed by atoms with Gasteiger partial charge in [-0.15, -0.1) is 0 Å². The van der Waals surface area contributed by atoms with Gasteiger partial charge in [-0.3, -0.25) is 9.79 Å². The number of aromatic nitrogens is 1. The number of guanidine groups is 1. The first-order chi connectivity index (χ1) is 12.4. The van der Waals surface area contributed by atoms with E-state index in [1.54, 1.807) is 7.05 Å². The largest absolute Gasteiger partial charge is 0.356 e. The van der Waals surface area contributed by atoms with Gasteiger partial charge in [-0.1, -0.05) is 12.1 Å². The topological polar surface area (TPSA) is 61.7 Å². The lowest BCUT2D eigenvalue weighted by atomic mass is 10.1. The van der Waals surface area contributed by atoms with Crippen LogP contribution in [0.1, 0.15) is 18.2 Å². The van der Waals surface area contributed by atoms with Gasteiger partial charge >= 0.3 is 0 Å². The van der Waals surface area contributed by atoms with Gasteiger partial charge in [0.25, 0.3) is 0 Å². The molecule has 0 unspecified atom stereocenters. The Morgan fingerprint density at radius 2 is 2.00 bits per heavy atom. The molecule has 0 saturated carbocycles. The molecule has 7 heteroatoms. The fourth-order valence-electron chi connectivity index (χ4n) is 2.70. The first kappa shape index (κ1) is 20.0. The molecule has 1 heterocycles. The van der Waals surface area contributed by atoms with Crippen molar-refractivity contribution in [3.63, 3.8) is 0 Å². The summed E-state index contributed by atoms with van der Waals surface area (Å²) in [5.74, 6) is 0.800. The van der Waals surface area contributed by atoms with Gasteiger partial charge in [0.1, 0.15) is 0 Å². The lowest BCUT2D eigenvalue weighted by Gasteiger charge is -2.22. The first-order valence-corrected chi connectivity index (χ1v) is 9.27. The highest BCUT2D eigenvalue weighted by Gasteiger charge is 2.09. The van der Waals surface area contributed by atoms with Crippen LogP contribution in [0.5, 0.6) is 0 Å². The van der Waals surface area contributed by atoms with Crippen LogP contribution in [0.3, 0.4) is 0 Å². The van der Waals surface area contributed by atoms with Crippen LogP contribution in [0.15, 0.2) is 46.0 Å². The Labute approximate surface area is 163 Å². The minimum Gasteiger partial charge on any atom is -0.356 e. The van der Waals surface area contributed by atoms with E-state index in [1.165, 1.54) is 18.2 Å². The number of aliphatic imine (C=N–C) groups is 1. The normalized spacial score (nSPS) is 11.3. The molecule has 0 spiro atoms. The summed E-state index contributed by atoms with van der Waals surface area (Å²) < 4.78 is 3.18. The predicted molar refractivity (Wildman–Crippen MR) is 110 cm³/mol. The summed E-state index contributed by atoms with van der Waals surface area (Å²) in [4.78, 5) is 17.5. The number of anilines is 1. The number of carbonyl (C=O) groups is 1. The number of halogens is 1. The van der Waals surface area contributed by atoms with Crippen LogP contribution in [-0.2, 0) is 24.8 Å². The van der Waals surface area contributed by atoms with Crippen molar-refractivity contribution in [2.75, 3.05) is 26.0 Å². The van der Waals surface area contributed by atoms with E-state index in [1.807, 2.05) is 44.6 Å². The number of hydrogen-bond donors (Lipinski definition) is 2. The molecule has 0 bridgehead atoms. The third-order valence-corrected chi connectivity index (χ3v) is 4.45. The van der Waals surface area contributed by atoms with Gasteiger partial charge in [-0.2, -0.15) is 0 Å². The minimum absolute atomic E-state index is 0.0588. The Morgan fingerprint density at radius 3 is 2.54 bits per heavy atom. The monoisotopic (exact) mass is 419 g/mol. The second kappa shape index (κ2) is 9.43. The summed E-state index contributed by atoms with van der Waals surface area (Å²) in [6.45, 7) is 3.06. The maximum Gasteiger partial charge on any atom is 0.221 e. The Hall–Kier alpha value is -2.28. The SMILES string of the molecule is CN=C(NCCc1ccc(NC(C)=O)cc1)N(C)Cc1cc(Br)cn1C. The van der Waals surface area contributed by atoms with Crippen LogP contribution in [0.4, 0.5) is 5.69 Å². The zero-order valence-corrected chi connectivity index (χ0v) is 17.3. The van der Waals surface area contributed by atoms with E-state index < -0.39 is 0 Å². The van der Waals surface area contributed by atoms with Gasteiger partial charge in [0.05, 0.1) is 6.54 Å². The number of nitrogens with one attached hydrogen (secondary N) is 2. The number of nitrogens with zero attached hydrogens (tertiary/aromatic N) is 3. The van der Waals surface area contributed by atoms with E-state index in [0.717, 1.165) is 35.6 Å². The average molecular weight is 420 g/mol. The van der Waals surface area contributed by atoms with Crippen molar-refractivity contribution in [3.05, 3.63) is 52.3 Å². The predicted octanol–water partition coefficient (Wildman–Crippen LogP) is 3.00. The molecule has 2 N–H and O–H groups in total. The van der Waals surface area contributed by atoms with E-state index in [4.69, 9.17) is 0 Å². The van der Waals surface area contributed by atoms with Crippen LogP contribution >= 0.6 is 15.9 Å². The van der Waals surface area contributed by atoms with Gasteiger partial charge in [0.2, 0.25) is 5.91 Å². The lowest BCUT2D eigenvalue weighted by molar-refractivity contribution is -0.114. The molecular formula is C19H26BrN5O. The first-order valence-electron chi connectivity index (χ1n) is 8.48. The average Bonchev–Trinajstić information content (AvgIpc) is 2.89. The van der Waals surface area contributed by atoms with Gasteiger partial charge in [0.15, 0.2) is 5.96 Å². The molecule has 0 fully saturated rings. The highest BCUT2D eigenvalue weighted by Crippen LogP contribution is 2.15. The Kier molecular flexibility index (Phi) is 7.26. The van der Waals surface area contributed by atoms with Crippen LogP contribution in [0.2, 0.25) is 0 Å². The molecule has 26 heavy (non-hydrogen) atoms. The minimum atomic E-state index is -0.0588. The van der Waals surface area contributed by atoms with Crippen molar-refractivity contribution in [3.8, 4) is 0 Å². The molecule has 6 nitrogen and oxygen atoms in total. The van der Waals surface area contributed by atoms with E-state index in [9.17, 15) is 4.79 Å². The molecule has 0 saturated heterocycles. The van der Waals surface area contributed by atoms with E-state index in [0.29, 0.717) is 0 Å². The Bertz CT molecular complexity index is 767. The van der Waals surface area contributed by atoms with Crippen molar-refractivity contribution in [2.24, 2.45) is 12.0 Å². The molecule has 0 radical (unpaired) electrons. The Balaban J connectivity index is 1.84. The van der Waals surface area contributed by atoms with Gasteiger partial charge in [0, 0.05) is 56.7 Å². The molecule has 1 aromatic heterocycles. The summed E-state index contributed by atoms with van der Waals surface area (Å²) in [5, 5.41) is 6.17. The molecule has 0 aliphatic heterocycles. The quantitative estimate of drug-likeness (QED) is 0.558. The third-order valence-electron chi connectivity index (χ3n) is 4.02. The number of benzene rings is 1. The number of carbonyl (C=O) groups excluding carboxylic acids is 1. The highest BCUT2D eigenvalue weighted by molar-refractivity contribution is 9.10. The summed E-state index contributed by atoms with van der Waals surface area (Å²) in [6.07, 6.45) is 2.92. The number of hydrogen-bond acceptors (Lipinski definition) is 2. The van der Waals surface area contributed by atoms with E-state index in [-0.39, 0.29) is 5.91 Å². The molecule has 1 aromatic carbocycles. The van der Waals surface area contributed by atoms with Gasteiger partial charge in [-0.25, -0.2) is 0 Å². The zero-order valence-electron chi connectivity index (χ0n) is 15.7. The van der Waals surface area contributed by atoms with Gasteiger partial charge < -0.3 is 20.1 Å². The maximum atomic E-state index is 11.1. The van der Waals surface area contributed by atoms with Crippen molar-refractivity contribution in [1.82, 2.24) is 14.8 Å². The van der Waals surface area contributed by atoms with Crippen molar-refractivity contribution in [2.45, 2.75) is 19.9 Å². The summed E-state index contributed by atoms with van der Waals surface area (Å²) >= 11 is 3.50. The molecule has 0 aliphatic rings. The molecule has 2 aromatic rings. The molecule has 1 amide bonds. The number of amides is 1. The second-order valence-electron chi connectivity index (χ2n) is 6.22. The van der Waals surface area contributed by atoms with Crippen molar-refractivity contribution >= 4 is 33.5 Å². The van der Waals surface area contributed by atoms with E-state index >= 15 is 0 Å². The van der Waals surface area contributed by atoms with E-state index in [2.05, 4.69) is 47.1 Å². The lowest BCUT2D eigenvalue weighted by Crippen LogP contribution is -2.39. The third kappa shape index (κ3) is 5.91. The fourth-order valence-corrected chi connectivity index (χ4v) is 3.27. The molecular weight excluding hydrogens is 394 g/mol. The summed E-state index contributed by atoms with van der Waals surface area (Å²) in [5.41, 5.74) is 3.23. The molecule has 140 valence electrons. The number of rotatable bonds is 6. The Morgan fingerprint density at radius 1 is 1.31 bits per heavy atom. The maximum absolute atomic E-state index is 11.1. The van der Waals surface area contributed by atoms with Crippen LogP contribution < -0.4 is 10.6 Å². The van der Waals surface area contributed by atoms with Crippen LogP contribution in [-0.4, -0.2) is 42.0 Å². The molecule has 0 atom stereocenters. The fraction of sp³-hybridized carbons (Fsp3) is 0.368. The smallest absolute Gasteiger partial charge is 0.221 e.